The van der Waals surface area contributed by atoms with E-state index in [1.807, 2.05) is 43.3 Å². The molecule has 0 bridgehead atoms. The Balaban J connectivity index is 2.06. The maximum Gasteiger partial charge on any atom is 0.330 e. The summed E-state index contributed by atoms with van der Waals surface area (Å²) in [5.41, 5.74) is 3.07. The molecule has 1 atom stereocenters. The molecular formula is C29H38O5. The van der Waals surface area contributed by atoms with Gasteiger partial charge in [-0.15, -0.1) is 0 Å². The molecule has 5 nitrogen and oxygen atoms in total. The number of carbonyl (C=O) groups is 1. The molecule has 0 heterocycles. The molecule has 2 aromatic carbocycles. The summed E-state index contributed by atoms with van der Waals surface area (Å²) in [5, 5.41) is 0. The van der Waals surface area contributed by atoms with Gasteiger partial charge in [-0.3, -0.25) is 0 Å². The Labute approximate surface area is 204 Å². The topological polar surface area (TPSA) is 54.0 Å². The average molecular weight is 467 g/mol. The zero-order chi connectivity index (χ0) is 24.8. The van der Waals surface area contributed by atoms with E-state index in [1.165, 1.54) is 19.3 Å². The van der Waals surface area contributed by atoms with Crippen molar-refractivity contribution in [2.75, 3.05) is 26.9 Å². The summed E-state index contributed by atoms with van der Waals surface area (Å²) < 4.78 is 22.3. The Morgan fingerprint density at radius 3 is 2.44 bits per heavy atom. The molecule has 0 radical (unpaired) electrons. The van der Waals surface area contributed by atoms with Crippen molar-refractivity contribution in [2.45, 2.75) is 46.5 Å². The van der Waals surface area contributed by atoms with Gasteiger partial charge in [-0.1, -0.05) is 64.0 Å². The van der Waals surface area contributed by atoms with Crippen LogP contribution in [0.4, 0.5) is 0 Å². The third kappa shape index (κ3) is 8.97. The second-order valence-corrected chi connectivity index (χ2v) is 8.21. The van der Waals surface area contributed by atoms with Gasteiger partial charge < -0.3 is 18.9 Å². The van der Waals surface area contributed by atoms with Gasteiger partial charge in [-0.25, -0.2) is 4.79 Å². The van der Waals surface area contributed by atoms with Gasteiger partial charge in [0.25, 0.3) is 0 Å². The molecule has 0 fully saturated rings. The molecule has 0 aliphatic carbocycles. The predicted molar refractivity (Wildman–Crippen MR) is 139 cm³/mol. The lowest BCUT2D eigenvalue weighted by atomic mass is 10.0. The van der Waals surface area contributed by atoms with Gasteiger partial charge in [0, 0.05) is 11.6 Å². The number of benzene rings is 2. The number of rotatable bonds is 15. The molecule has 184 valence electrons. The van der Waals surface area contributed by atoms with E-state index in [1.54, 1.807) is 7.11 Å². The minimum Gasteiger partial charge on any atom is -0.496 e. The first kappa shape index (κ1) is 27.0. The summed E-state index contributed by atoms with van der Waals surface area (Å²) in [6.45, 7) is 11.0. The van der Waals surface area contributed by atoms with Crippen LogP contribution in [0.1, 0.15) is 56.2 Å². The highest BCUT2D eigenvalue weighted by molar-refractivity contribution is 5.81. The van der Waals surface area contributed by atoms with Gasteiger partial charge in [0.05, 0.1) is 13.7 Å². The Morgan fingerprint density at radius 2 is 1.79 bits per heavy atom. The maximum absolute atomic E-state index is 11.1. The monoisotopic (exact) mass is 466 g/mol. The van der Waals surface area contributed by atoms with Gasteiger partial charge in [0.15, 0.2) is 0 Å². The Morgan fingerprint density at radius 1 is 1.03 bits per heavy atom. The van der Waals surface area contributed by atoms with Crippen LogP contribution in [-0.4, -0.2) is 32.9 Å². The molecule has 0 N–H and O–H groups in total. The lowest BCUT2D eigenvalue weighted by Gasteiger charge is -2.18. The van der Waals surface area contributed by atoms with E-state index in [0.717, 1.165) is 47.3 Å². The Bertz CT molecular complexity index is 930. The highest BCUT2D eigenvalue weighted by Crippen LogP contribution is 2.31. The smallest absolute Gasteiger partial charge is 0.330 e. The normalized spacial score (nSPS) is 11.8. The van der Waals surface area contributed by atoms with Gasteiger partial charge in [0.1, 0.15) is 30.5 Å². The fraction of sp³-hybridized carbons (Fsp3) is 0.414. The zero-order valence-electron chi connectivity index (χ0n) is 21.0. The van der Waals surface area contributed by atoms with Crippen LogP contribution < -0.4 is 14.2 Å². The molecule has 2 rings (SSSR count). The van der Waals surface area contributed by atoms with E-state index >= 15 is 0 Å². The summed E-state index contributed by atoms with van der Waals surface area (Å²) in [6, 6.07) is 11.8. The summed E-state index contributed by atoms with van der Waals surface area (Å²) in [6.07, 6.45) is 9.98. The van der Waals surface area contributed by atoms with E-state index in [9.17, 15) is 4.79 Å². The standard InChI is InChI=1S/C29H38O5/c1-6-9-10-23(7-2)21-34-28-19-22(4)27(31-5)20-25(28)14-11-24-12-15-26(16-13-24)32-17-18-33-29(30)8-3/h8,11-16,19-20,23H,3,6-7,9-10,17-18,21H2,1-2,4-5H3/b14-11+. The molecule has 0 amide bonds. The second-order valence-electron chi connectivity index (χ2n) is 8.21. The highest BCUT2D eigenvalue weighted by atomic mass is 16.6. The van der Waals surface area contributed by atoms with Gasteiger partial charge in [-0.05, 0) is 54.7 Å². The van der Waals surface area contributed by atoms with Crippen molar-refractivity contribution in [1.82, 2.24) is 0 Å². The van der Waals surface area contributed by atoms with Crippen LogP contribution >= 0.6 is 0 Å². The Kier molecular flexibility index (Phi) is 11.8. The number of hydrogen-bond donors (Lipinski definition) is 0. The molecule has 0 saturated carbocycles. The Hall–Kier alpha value is -3.21. The first-order chi connectivity index (χ1) is 16.5. The zero-order valence-corrected chi connectivity index (χ0v) is 21.0. The van der Waals surface area contributed by atoms with Crippen LogP contribution in [0.25, 0.3) is 12.2 Å². The number of ether oxygens (including phenoxy) is 4. The number of aryl methyl sites for hydroxylation is 1. The summed E-state index contributed by atoms with van der Waals surface area (Å²) >= 11 is 0. The summed E-state index contributed by atoms with van der Waals surface area (Å²) in [7, 11) is 1.69. The van der Waals surface area contributed by atoms with Crippen LogP contribution in [-0.2, 0) is 9.53 Å². The second kappa shape index (κ2) is 14.8. The van der Waals surface area contributed by atoms with Gasteiger partial charge >= 0.3 is 5.97 Å². The van der Waals surface area contributed by atoms with Crippen molar-refractivity contribution >= 4 is 18.1 Å². The SMILES string of the molecule is C=CC(=O)OCCOc1ccc(/C=C/c2cc(OC)c(C)cc2OCC(CC)CCCC)cc1. The molecular weight excluding hydrogens is 428 g/mol. The van der Waals surface area contributed by atoms with E-state index in [2.05, 4.69) is 32.6 Å². The van der Waals surface area contributed by atoms with Crippen molar-refractivity contribution in [1.29, 1.82) is 0 Å². The minimum atomic E-state index is -0.452. The molecule has 34 heavy (non-hydrogen) atoms. The number of carbonyl (C=O) groups excluding carboxylic acids is 1. The minimum absolute atomic E-state index is 0.182. The van der Waals surface area contributed by atoms with Crippen LogP contribution in [0, 0.1) is 12.8 Å². The third-order valence-corrected chi connectivity index (χ3v) is 5.64. The summed E-state index contributed by atoms with van der Waals surface area (Å²) in [4.78, 5) is 11.1. The van der Waals surface area contributed by atoms with Crippen LogP contribution in [0.3, 0.4) is 0 Å². The highest BCUT2D eigenvalue weighted by Gasteiger charge is 2.11. The molecule has 1 unspecified atom stereocenters. The summed E-state index contributed by atoms with van der Waals surface area (Å²) in [5.74, 6) is 2.54. The van der Waals surface area contributed by atoms with Crippen LogP contribution in [0.5, 0.6) is 17.2 Å². The lowest BCUT2D eigenvalue weighted by Crippen LogP contribution is -2.12. The van der Waals surface area contributed by atoms with Crippen LogP contribution in [0.2, 0.25) is 0 Å². The van der Waals surface area contributed by atoms with Gasteiger partial charge in [0.2, 0.25) is 0 Å². The van der Waals surface area contributed by atoms with Crippen molar-refractivity contribution in [2.24, 2.45) is 5.92 Å². The van der Waals surface area contributed by atoms with Gasteiger partial charge in [-0.2, -0.15) is 0 Å². The van der Waals surface area contributed by atoms with Crippen molar-refractivity contribution in [3.63, 3.8) is 0 Å². The van der Waals surface area contributed by atoms with Crippen LogP contribution in [0.15, 0.2) is 49.1 Å². The first-order valence-electron chi connectivity index (χ1n) is 12.0. The van der Waals surface area contributed by atoms with E-state index in [-0.39, 0.29) is 13.2 Å². The fourth-order valence-electron chi connectivity index (χ4n) is 3.48. The van der Waals surface area contributed by atoms with E-state index in [4.69, 9.17) is 18.9 Å². The number of methoxy groups -OCH3 is 1. The largest absolute Gasteiger partial charge is 0.496 e. The third-order valence-electron chi connectivity index (χ3n) is 5.64. The number of hydrogen-bond acceptors (Lipinski definition) is 5. The first-order valence-corrected chi connectivity index (χ1v) is 12.0. The molecule has 0 aliphatic heterocycles. The van der Waals surface area contributed by atoms with Crippen molar-refractivity contribution in [3.8, 4) is 17.2 Å². The number of esters is 1. The molecule has 0 saturated heterocycles. The average Bonchev–Trinajstić information content (AvgIpc) is 2.86. The fourth-order valence-corrected chi connectivity index (χ4v) is 3.48. The lowest BCUT2D eigenvalue weighted by molar-refractivity contribution is -0.138. The molecule has 2 aromatic rings. The van der Waals surface area contributed by atoms with Crippen molar-refractivity contribution < 1.29 is 23.7 Å². The van der Waals surface area contributed by atoms with E-state index < -0.39 is 5.97 Å². The molecule has 0 aliphatic rings. The van der Waals surface area contributed by atoms with E-state index in [0.29, 0.717) is 11.7 Å². The quantitative estimate of drug-likeness (QED) is 0.124. The predicted octanol–water partition coefficient (Wildman–Crippen LogP) is 6.88. The number of unbranched alkanes of at least 4 members (excludes halogenated alkanes) is 1. The molecule has 0 aromatic heterocycles. The van der Waals surface area contributed by atoms with Crippen molar-refractivity contribution in [3.05, 3.63) is 65.7 Å². The maximum atomic E-state index is 11.1. The molecule has 0 spiro atoms. The molecule has 5 heteroatoms.